The lowest BCUT2D eigenvalue weighted by atomic mass is 9.98. The van der Waals surface area contributed by atoms with Crippen LogP contribution in [0, 0.1) is 0 Å². The van der Waals surface area contributed by atoms with Crippen LogP contribution in [-0.2, 0) is 33.2 Å². The van der Waals surface area contributed by atoms with E-state index < -0.39 is 80.7 Å². The summed E-state index contributed by atoms with van der Waals surface area (Å²) in [5.74, 6) is -0.378. The number of unbranched alkanes of at least 4 members (excludes halogenated alkanes) is 25. The Balaban J connectivity index is 1.74. The molecule has 0 spiro atoms. The van der Waals surface area contributed by atoms with E-state index in [4.69, 9.17) is 28.4 Å². The third-order valence-electron chi connectivity index (χ3n) is 13.0. The second kappa shape index (κ2) is 41.1. The number of ether oxygens (including phenoxy) is 6. The predicted molar refractivity (Wildman–Crippen MR) is 261 cm³/mol. The Bertz CT molecular complexity index is 1200. The molecule has 394 valence electrons. The van der Waals surface area contributed by atoms with E-state index in [2.05, 4.69) is 38.2 Å². The Labute approximate surface area is 405 Å². The van der Waals surface area contributed by atoms with Crippen molar-refractivity contribution in [3.05, 3.63) is 24.3 Å². The number of carbonyl (C=O) groups is 1. The summed E-state index contributed by atoms with van der Waals surface area (Å²) in [7, 11) is 0. The van der Waals surface area contributed by atoms with Gasteiger partial charge in [0.25, 0.3) is 0 Å². The summed E-state index contributed by atoms with van der Waals surface area (Å²) < 4.78 is 34.3. The number of aliphatic hydroxyl groups excluding tert-OH is 7. The first-order valence-corrected chi connectivity index (χ1v) is 26.9. The van der Waals surface area contributed by atoms with E-state index in [-0.39, 0.29) is 25.6 Å². The summed E-state index contributed by atoms with van der Waals surface area (Å²) in [5.41, 5.74) is 0. The maximum atomic E-state index is 13.0. The number of hydrogen-bond acceptors (Lipinski definition) is 14. The van der Waals surface area contributed by atoms with Gasteiger partial charge in [0.05, 0.1) is 26.4 Å². The lowest BCUT2D eigenvalue weighted by Gasteiger charge is -2.42. The van der Waals surface area contributed by atoms with Crippen LogP contribution in [-0.4, -0.2) is 142 Å². The minimum Gasteiger partial charge on any atom is -0.457 e. The van der Waals surface area contributed by atoms with E-state index in [1.807, 2.05) is 0 Å². The van der Waals surface area contributed by atoms with E-state index in [1.165, 1.54) is 128 Å². The highest BCUT2D eigenvalue weighted by molar-refractivity contribution is 5.69. The number of carbonyl (C=O) groups excluding carboxylic acids is 1. The summed E-state index contributed by atoms with van der Waals surface area (Å²) in [6, 6.07) is 0. The summed E-state index contributed by atoms with van der Waals surface area (Å²) >= 11 is 0. The van der Waals surface area contributed by atoms with Gasteiger partial charge in [0.2, 0.25) is 0 Å². The molecular weight excluding hydrogens is 861 g/mol. The van der Waals surface area contributed by atoms with Gasteiger partial charge in [-0.1, -0.05) is 179 Å². The number of esters is 1. The van der Waals surface area contributed by atoms with Gasteiger partial charge in [0, 0.05) is 13.0 Å². The largest absolute Gasteiger partial charge is 0.457 e. The minimum atomic E-state index is -1.70. The maximum Gasteiger partial charge on any atom is 0.306 e. The van der Waals surface area contributed by atoms with Gasteiger partial charge in [0.1, 0.15) is 54.9 Å². The van der Waals surface area contributed by atoms with Gasteiger partial charge in [-0.3, -0.25) is 4.79 Å². The summed E-state index contributed by atoms with van der Waals surface area (Å²) in [6.45, 7) is 3.69. The Morgan fingerprint density at radius 2 is 0.925 bits per heavy atom. The van der Waals surface area contributed by atoms with Gasteiger partial charge in [-0.15, -0.1) is 0 Å². The first kappa shape index (κ1) is 61.6. The van der Waals surface area contributed by atoms with Crippen molar-refractivity contribution in [3.63, 3.8) is 0 Å². The van der Waals surface area contributed by atoms with Crippen LogP contribution in [0.15, 0.2) is 24.3 Å². The highest BCUT2D eigenvalue weighted by Gasteiger charge is 2.47. The number of rotatable bonds is 43. The molecule has 0 radical (unpaired) electrons. The second-order valence-corrected chi connectivity index (χ2v) is 19.1. The Hall–Kier alpha value is -1.53. The molecule has 14 heteroatoms. The molecule has 67 heavy (non-hydrogen) atoms. The third-order valence-corrected chi connectivity index (χ3v) is 13.0. The molecule has 2 aliphatic rings. The van der Waals surface area contributed by atoms with E-state index in [9.17, 15) is 40.5 Å². The van der Waals surface area contributed by atoms with Crippen molar-refractivity contribution in [2.45, 2.75) is 274 Å². The molecule has 2 aliphatic heterocycles. The van der Waals surface area contributed by atoms with Gasteiger partial charge >= 0.3 is 5.97 Å². The fourth-order valence-corrected chi connectivity index (χ4v) is 8.55. The first-order chi connectivity index (χ1) is 32.6. The number of aliphatic hydroxyl groups is 7. The van der Waals surface area contributed by atoms with Gasteiger partial charge in [-0.25, -0.2) is 0 Å². The fraction of sp³-hybridized carbons (Fsp3) is 0.906. The molecule has 2 saturated heterocycles. The van der Waals surface area contributed by atoms with Crippen LogP contribution < -0.4 is 0 Å². The molecule has 0 aromatic rings. The average molecular weight is 959 g/mol. The van der Waals surface area contributed by atoms with Gasteiger partial charge in [0.15, 0.2) is 12.6 Å². The quantitative estimate of drug-likeness (QED) is 0.0174. The molecule has 0 aromatic carbocycles. The zero-order chi connectivity index (χ0) is 48.7. The van der Waals surface area contributed by atoms with Crippen molar-refractivity contribution in [3.8, 4) is 0 Å². The first-order valence-electron chi connectivity index (χ1n) is 26.9. The highest BCUT2D eigenvalue weighted by atomic mass is 16.7. The van der Waals surface area contributed by atoms with Crippen molar-refractivity contribution in [1.29, 1.82) is 0 Å². The van der Waals surface area contributed by atoms with E-state index in [0.717, 1.165) is 51.4 Å². The van der Waals surface area contributed by atoms with E-state index >= 15 is 0 Å². The zero-order valence-electron chi connectivity index (χ0n) is 41.9. The molecule has 7 N–H and O–H groups in total. The molecular formula is C53H98O14. The lowest BCUT2D eigenvalue weighted by molar-refractivity contribution is -0.332. The van der Waals surface area contributed by atoms with Crippen molar-refractivity contribution < 1.29 is 69.0 Å². The summed E-state index contributed by atoms with van der Waals surface area (Å²) in [5, 5.41) is 72.2. The average Bonchev–Trinajstić information content (AvgIpc) is 3.32. The molecule has 0 aliphatic carbocycles. The third kappa shape index (κ3) is 28.8. The molecule has 0 saturated carbocycles. The molecule has 11 unspecified atom stereocenters. The zero-order valence-corrected chi connectivity index (χ0v) is 41.9. The Morgan fingerprint density at radius 1 is 0.493 bits per heavy atom. The normalized spacial score (nSPS) is 26.2. The fourth-order valence-electron chi connectivity index (χ4n) is 8.55. The minimum absolute atomic E-state index is 0.0641. The monoisotopic (exact) mass is 959 g/mol. The van der Waals surface area contributed by atoms with Crippen LogP contribution in [0.3, 0.4) is 0 Å². The highest BCUT2D eigenvalue weighted by Crippen LogP contribution is 2.26. The Morgan fingerprint density at radius 3 is 1.46 bits per heavy atom. The van der Waals surface area contributed by atoms with E-state index in [1.54, 1.807) is 0 Å². The smallest absolute Gasteiger partial charge is 0.306 e. The van der Waals surface area contributed by atoms with Crippen molar-refractivity contribution in [2.24, 2.45) is 0 Å². The standard InChI is InChI=1S/C53H98O14/c1-3-5-7-9-11-13-15-17-19-20-21-22-23-24-26-28-30-32-34-36-45(55)65-42(39-62-37-35-33-31-29-27-25-18-16-14-12-10-8-6-4-2)40-63-52-51(61)49(59)47(57)44(67-52)41-64-53-50(60)48(58)46(56)43(38-54)66-53/h11,13,17,19,42-44,46-54,56-61H,3-10,12,14-16,18,20-41H2,1-2H3/b13-11-,19-17-. The number of allylic oxidation sites excluding steroid dienone is 4. The molecule has 0 aromatic heterocycles. The molecule has 2 rings (SSSR count). The van der Waals surface area contributed by atoms with E-state index in [0.29, 0.717) is 13.0 Å². The molecule has 0 bridgehead atoms. The predicted octanol–water partition coefficient (Wildman–Crippen LogP) is 8.41. The van der Waals surface area contributed by atoms with Crippen LogP contribution in [0.5, 0.6) is 0 Å². The number of hydrogen-bond donors (Lipinski definition) is 7. The van der Waals surface area contributed by atoms with Crippen LogP contribution in [0.1, 0.15) is 206 Å². The van der Waals surface area contributed by atoms with Crippen LogP contribution in [0.4, 0.5) is 0 Å². The van der Waals surface area contributed by atoms with Gasteiger partial charge in [-0.05, 0) is 44.9 Å². The van der Waals surface area contributed by atoms with Crippen molar-refractivity contribution >= 4 is 5.97 Å². The van der Waals surface area contributed by atoms with Crippen LogP contribution in [0.2, 0.25) is 0 Å². The lowest BCUT2D eigenvalue weighted by Crippen LogP contribution is -2.61. The topological polar surface area (TPSA) is 214 Å². The second-order valence-electron chi connectivity index (χ2n) is 19.1. The summed E-state index contributed by atoms with van der Waals surface area (Å²) in [4.78, 5) is 13.0. The maximum absolute atomic E-state index is 13.0. The molecule has 14 nitrogen and oxygen atoms in total. The van der Waals surface area contributed by atoms with Gasteiger partial charge < -0.3 is 64.2 Å². The molecule has 11 atom stereocenters. The van der Waals surface area contributed by atoms with Crippen LogP contribution in [0.25, 0.3) is 0 Å². The summed E-state index contributed by atoms with van der Waals surface area (Å²) in [6.07, 6.45) is 28.0. The van der Waals surface area contributed by atoms with Crippen LogP contribution >= 0.6 is 0 Å². The Kier molecular flexibility index (Phi) is 37.8. The van der Waals surface area contributed by atoms with Crippen molar-refractivity contribution in [1.82, 2.24) is 0 Å². The molecule has 2 fully saturated rings. The molecule has 2 heterocycles. The SMILES string of the molecule is CCCCC/C=C\C/C=C\CCCCCCCCCCCC(=O)OC(COCCCCCCCCCCCCCCCC)COC1OC(COC2OC(CO)C(O)C(O)C2O)C(O)C(O)C1O. The molecule has 0 amide bonds. The van der Waals surface area contributed by atoms with Gasteiger partial charge in [-0.2, -0.15) is 0 Å². The van der Waals surface area contributed by atoms with Crippen molar-refractivity contribution in [2.75, 3.05) is 33.0 Å².